The van der Waals surface area contributed by atoms with Crippen LogP contribution in [0.2, 0.25) is 0 Å². The Hall–Kier alpha value is -3.78. The lowest BCUT2D eigenvalue weighted by Crippen LogP contribution is -2.10. The average molecular weight is 464 g/mol. The number of nitro benzene ring substituents is 2. The lowest BCUT2D eigenvalue weighted by Gasteiger charge is -2.27. The molecule has 0 saturated heterocycles. The summed E-state index contributed by atoms with van der Waals surface area (Å²) in [5, 5.41) is 24.1. The third-order valence-corrected chi connectivity index (χ3v) is 5.14. The van der Waals surface area contributed by atoms with E-state index < -0.39 is 9.85 Å². The molecule has 0 spiro atoms. The Morgan fingerprint density at radius 1 is 0.700 bits per heavy atom. The lowest BCUT2D eigenvalue weighted by atomic mass is 10.1. The normalized spacial score (nSPS) is 10.7. The van der Waals surface area contributed by atoms with Crippen LogP contribution in [-0.4, -0.2) is 9.85 Å². The van der Waals surface area contributed by atoms with Gasteiger partial charge in [0.1, 0.15) is 0 Å². The highest BCUT2D eigenvalue weighted by Gasteiger charge is 2.18. The minimum atomic E-state index is -0.450. The molecule has 4 aromatic carbocycles. The third kappa shape index (κ3) is 3.72. The molecule has 0 unspecified atom stereocenters. The maximum absolute atomic E-state index is 11.1. The maximum atomic E-state index is 11.1. The Morgan fingerprint density at radius 3 is 1.70 bits per heavy atom. The van der Waals surface area contributed by atoms with E-state index in [1.807, 2.05) is 41.3 Å². The second-order valence-electron chi connectivity index (χ2n) is 6.53. The summed E-state index contributed by atoms with van der Waals surface area (Å²) in [7, 11) is 0. The summed E-state index contributed by atoms with van der Waals surface area (Å²) in [4.78, 5) is 23.1. The zero-order chi connectivity index (χ0) is 21.3. The summed E-state index contributed by atoms with van der Waals surface area (Å²) in [5.74, 6) is 0. The lowest BCUT2D eigenvalue weighted by molar-refractivity contribution is -0.385. The molecular formula is C22H14BrN3O4. The van der Waals surface area contributed by atoms with Gasteiger partial charge >= 0.3 is 0 Å². The number of fused-ring (bicyclic) bond motifs is 1. The van der Waals surface area contributed by atoms with Crippen molar-refractivity contribution in [1.29, 1.82) is 0 Å². The molecule has 0 fully saturated rings. The van der Waals surface area contributed by atoms with E-state index in [0.29, 0.717) is 11.4 Å². The molecule has 0 atom stereocenters. The van der Waals surface area contributed by atoms with E-state index in [9.17, 15) is 20.2 Å². The fraction of sp³-hybridized carbons (Fsp3) is 0. The highest BCUT2D eigenvalue weighted by molar-refractivity contribution is 9.10. The molecule has 0 amide bonds. The van der Waals surface area contributed by atoms with Crippen LogP contribution in [0.5, 0.6) is 0 Å². The molecule has 0 N–H and O–H groups in total. The molecule has 148 valence electrons. The molecule has 0 aromatic heterocycles. The van der Waals surface area contributed by atoms with E-state index in [1.54, 1.807) is 24.3 Å². The van der Waals surface area contributed by atoms with Crippen molar-refractivity contribution >= 4 is 55.1 Å². The largest absolute Gasteiger partial charge is 0.310 e. The summed E-state index contributed by atoms with van der Waals surface area (Å²) in [6, 6.07) is 24.2. The average Bonchev–Trinajstić information content (AvgIpc) is 2.74. The van der Waals surface area contributed by atoms with Crippen molar-refractivity contribution in [3.63, 3.8) is 0 Å². The predicted molar refractivity (Wildman–Crippen MR) is 120 cm³/mol. The SMILES string of the molecule is O=[N+]([O-])c1ccc(N(c2ccc([N+](=O)[O-])cc2)c2cc(Br)cc3ccccc23)cc1. The zero-order valence-corrected chi connectivity index (χ0v) is 17.0. The van der Waals surface area contributed by atoms with Crippen LogP contribution >= 0.6 is 15.9 Å². The zero-order valence-electron chi connectivity index (χ0n) is 15.4. The highest BCUT2D eigenvalue weighted by atomic mass is 79.9. The number of hydrogen-bond acceptors (Lipinski definition) is 5. The van der Waals surface area contributed by atoms with E-state index in [-0.39, 0.29) is 11.4 Å². The molecule has 0 radical (unpaired) electrons. The summed E-state index contributed by atoms with van der Waals surface area (Å²) in [5.41, 5.74) is 2.20. The van der Waals surface area contributed by atoms with Gasteiger partial charge in [-0.25, -0.2) is 0 Å². The maximum Gasteiger partial charge on any atom is 0.269 e. The van der Waals surface area contributed by atoms with Gasteiger partial charge in [0.05, 0.1) is 15.5 Å². The number of hydrogen-bond donors (Lipinski definition) is 0. The van der Waals surface area contributed by atoms with Crippen LogP contribution in [0.3, 0.4) is 0 Å². The minimum absolute atomic E-state index is 0.0125. The van der Waals surface area contributed by atoms with Crippen molar-refractivity contribution in [1.82, 2.24) is 0 Å². The quantitative estimate of drug-likeness (QED) is 0.237. The molecule has 0 saturated carbocycles. The first kappa shape index (κ1) is 19.5. The molecular weight excluding hydrogens is 450 g/mol. The van der Waals surface area contributed by atoms with Crippen molar-refractivity contribution in [3.8, 4) is 0 Å². The van der Waals surface area contributed by atoms with E-state index in [1.165, 1.54) is 24.3 Å². The Morgan fingerprint density at radius 2 is 1.20 bits per heavy atom. The van der Waals surface area contributed by atoms with Crippen LogP contribution in [0.4, 0.5) is 28.4 Å². The first-order chi connectivity index (χ1) is 14.4. The second-order valence-corrected chi connectivity index (χ2v) is 7.44. The van der Waals surface area contributed by atoms with Crippen molar-refractivity contribution in [2.75, 3.05) is 4.90 Å². The van der Waals surface area contributed by atoms with E-state index in [2.05, 4.69) is 15.9 Å². The van der Waals surface area contributed by atoms with Gasteiger partial charge in [-0.1, -0.05) is 40.2 Å². The van der Waals surface area contributed by atoms with E-state index >= 15 is 0 Å². The summed E-state index contributed by atoms with van der Waals surface area (Å²) < 4.78 is 0.866. The number of non-ortho nitro benzene ring substituents is 2. The standard InChI is InChI=1S/C22H14BrN3O4/c23-16-13-15-3-1-2-4-21(15)22(14-16)24(17-5-9-19(10-6-17)25(27)28)18-7-11-20(12-8-18)26(29)30/h1-14H. The summed E-state index contributed by atoms with van der Waals surface area (Å²) in [6.45, 7) is 0. The summed E-state index contributed by atoms with van der Waals surface area (Å²) >= 11 is 3.55. The smallest absolute Gasteiger partial charge is 0.269 e. The Kier molecular flexibility index (Phi) is 5.16. The van der Waals surface area contributed by atoms with Gasteiger partial charge in [-0.3, -0.25) is 20.2 Å². The summed E-state index contributed by atoms with van der Waals surface area (Å²) in [6.07, 6.45) is 0. The van der Waals surface area contributed by atoms with Crippen molar-refractivity contribution in [3.05, 3.63) is 110 Å². The Balaban J connectivity index is 1.94. The molecule has 0 aliphatic rings. The number of nitro groups is 2. The van der Waals surface area contributed by atoms with Crippen molar-refractivity contribution in [2.24, 2.45) is 0 Å². The van der Waals surface area contributed by atoms with Crippen LogP contribution in [0.1, 0.15) is 0 Å². The van der Waals surface area contributed by atoms with E-state index in [4.69, 9.17) is 0 Å². The van der Waals surface area contributed by atoms with E-state index in [0.717, 1.165) is 20.9 Å². The molecule has 4 aromatic rings. The number of benzene rings is 4. The van der Waals surface area contributed by atoms with Gasteiger partial charge in [0.2, 0.25) is 0 Å². The number of nitrogens with zero attached hydrogens (tertiary/aromatic N) is 3. The van der Waals surface area contributed by atoms with Crippen LogP contribution in [0.15, 0.2) is 89.4 Å². The monoisotopic (exact) mass is 463 g/mol. The molecule has 8 heteroatoms. The molecule has 0 aliphatic carbocycles. The van der Waals surface area contributed by atoms with Crippen molar-refractivity contribution in [2.45, 2.75) is 0 Å². The fourth-order valence-electron chi connectivity index (χ4n) is 3.31. The van der Waals surface area contributed by atoms with Gasteiger partial charge in [0, 0.05) is 45.5 Å². The molecule has 30 heavy (non-hydrogen) atoms. The molecule has 0 aliphatic heterocycles. The Bertz CT molecular complexity index is 1200. The second kappa shape index (κ2) is 7.92. The van der Waals surface area contributed by atoms with Crippen molar-refractivity contribution < 1.29 is 9.85 Å². The predicted octanol–water partition coefficient (Wildman–Crippen LogP) is 6.89. The molecule has 0 heterocycles. The Labute approximate surface area is 179 Å². The molecule has 7 nitrogen and oxygen atoms in total. The molecule has 0 bridgehead atoms. The first-order valence-electron chi connectivity index (χ1n) is 8.91. The fourth-order valence-corrected chi connectivity index (χ4v) is 3.78. The third-order valence-electron chi connectivity index (χ3n) is 4.68. The molecule has 4 rings (SSSR count). The van der Waals surface area contributed by atoms with Crippen LogP contribution in [0.25, 0.3) is 10.8 Å². The topological polar surface area (TPSA) is 89.5 Å². The van der Waals surface area contributed by atoms with Gasteiger partial charge < -0.3 is 4.90 Å². The van der Waals surface area contributed by atoms with Crippen LogP contribution < -0.4 is 4.90 Å². The van der Waals surface area contributed by atoms with Crippen LogP contribution in [-0.2, 0) is 0 Å². The minimum Gasteiger partial charge on any atom is -0.310 e. The first-order valence-corrected chi connectivity index (χ1v) is 9.71. The van der Waals surface area contributed by atoms with Gasteiger partial charge in [0.25, 0.3) is 11.4 Å². The van der Waals surface area contributed by atoms with Crippen LogP contribution in [0, 0.1) is 20.2 Å². The van der Waals surface area contributed by atoms with Gasteiger partial charge in [-0.05, 0) is 41.8 Å². The number of rotatable bonds is 5. The van der Waals surface area contributed by atoms with Gasteiger partial charge in [-0.2, -0.15) is 0 Å². The number of anilines is 3. The van der Waals surface area contributed by atoms with Gasteiger partial charge in [0.15, 0.2) is 0 Å². The van der Waals surface area contributed by atoms with Gasteiger partial charge in [-0.15, -0.1) is 0 Å². The highest BCUT2D eigenvalue weighted by Crippen LogP contribution is 2.41. The number of halogens is 1.